The maximum absolute atomic E-state index is 5.99. The largest absolute Gasteiger partial charge is 0.495 e. The van der Waals surface area contributed by atoms with Crippen LogP contribution in [0.5, 0.6) is 5.75 Å². The van der Waals surface area contributed by atoms with Gasteiger partial charge in [0.15, 0.2) is 0 Å². The van der Waals surface area contributed by atoms with Gasteiger partial charge in [0.2, 0.25) is 0 Å². The van der Waals surface area contributed by atoms with Crippen LogP contribution in [0.4, 0.5) is 0 Å². The highest BCUT2D eigenvalue weighted by atomic mass is 35.5. The van der Waals surface area contributed by atoms with Crippen molar-refractivity contribution in [3.8, 4) is 17.0 Å². The highest BCUT2D eigenvalue weighted by Crippen LogP contribution is 2.28. The Balaban J connectivity index is 2.43. The fourth-order valence-corrected chi connectivity index (χ4v) is 1.51. The van der Waals surface area contributed by atoms with Crippen molar-refractivity contribution in [1.82, 2.24) is 9.97 Å². The number of aromatic nitrogens is 2. The number of ether oxygens (including phenoxy) is 1. The molecule has 0 aliphatic carbocycles. The number of hydrogen-bond donors (Lipinski definition) is 1. The molecule has 0 aliphatic heterocycles. The second kappa shape index (κ2) is 3.72. The van der Waals surface area contributed by atoms with E-state index < -0.39 is 0 Å². The second-order valence-electron chi connectivity index (χ2n) is 2.81. The average molecular weight is 209 g/mol. The molecule has 0 amide bonds. The second-order valence-corrected chi connectivity index (χ2v) is 3.22. The van der Waals surface area contributed by atoms with Crippen LogP contribution in [0.3, 0.4) is 0 Å². The number of aromatic amines is 1. The summed E-state index contributed by atoms with van der Waals surface area (Å²) >= 11 is 5.99. The zero-order valence-electron chi connectivity index (χ0n) is 7.62. The summed E-state index contributed by atoms with van der Waals surface area (Å²) in [5, 5.41) is 0.597. The summed E-state index contributed by atoms with van der Waals surface area (Å²) in [5.41, 5.74) is 1.93. The minimum atomic E-state index is 0.597. The first-order valence-electron chi connectivity index (χ1n) is 4.13. The zero-order valence-corrected chi connectivity index (χ0v) is 8.38. The van der Waals surface area contributed by atoms with Gasteiger partial charge in [-0.05, 0) is 18.2 Å². The van der Waals surface area contributed by atoms with Crippen molar-refractivity contribution in [2.24, 2.45) is 0 Å². The third kappa shape index (κ3) is 1.59. The number of halogens is 1. The van der Waals surface area contributed by atoms with Gasteiger partial charge < -0.3 is 9.72 Å². The lowest BCUT2D eigenvalue weighted by atomic mass is 10.1. The first-order chi connectivity index (χ1) is 6.81. The molecule has 0 atom stereocenters. The maximum Gasteiger partial charge on any atom is 0.137 e. The van der Waals surface area contributed by atoms with E-state index in [1.54, 1.807) is 19.6 Å². The topological polar surface area (TPSA) is 37.9 Å². The van der Waals surface area contributed by atoms with Gasteiger partial charge >= 0.3 is 0 Å². The molecule has 2 rings (SSSR count). The van der Waals surface area contributed by atoms with Crippen molar-refractivity contribution in [3.05, 3.63) is 35.7 Å². The molecule has 0 saturated carbocycles. The summed E-state index contributed by atoms with van der Waals surface area (Å²) in [6.07, 6.45) is 3.38. The van der Waals surface area contributed by atoms with Crippen molar-refractivity contribution >= 4 is 11.6 Å². The quantitative estimate of drug-likeness (QED) is 0.824. The van der Waals surface area contributed by atoms with Gasteiger partial charge in [0, 0.05) is 5.56 Å². The molecule has 2 aromatic rings. The molecule has 1 aromatic carbocycles. The number of H-pyrrole nitrogens is 1. The summed E-state index contributed by atoms with van der Waals surface area (Å²) < 4.78 is 5.06. The van der Waals surface area contributed by atoms with Crippen molar-refractivity contribution < 1.29 is 4.74 Å². The van der Waals surface area contributed by atoms with E-state index in [1.165, 1.54) is 0 Å². The van der Waals surface area contributed by atoms with Gasteiger partial charge in [-0.25, -0.2) is 4.98 Å². The standard InChI is InChI=1S/C10H9ClN2O/c1-14-10-3-2-7(4-8(10)11)9-5-12-6-13-9/h2-6H,1H3,(H,12,13). The van der Waals surface area contributed by atoms with Crippen LogP contribution in [0.25, 0.3) is 11.3 Å². The van der Waals surface area contributed by atoms with Crippen LogP contribution in [0.2, 0.25) is 5.02 Å². The number of nitrogens with one attached hydrogen (secondary N) is 1. The molecule has 0 aliphatic rings. The Morgan fingerprint density at radius 2 is 2.29 bits per heavy atom. The Morgan fingerprint density at radius 3 is 2.86 bits per heavy atom. The number of methoxy groups -OCH3 is 1. The predicted molar refractivity (Wildman–Crippen MR) is 55.6 cm³/mol. The summed E-state index contributed by atoms with van der Waals surface area (Å²) in [6.45, 7) is 0. The van der Waals surface area contributed by atoms with Crippen LogP contribution < -0.4 is 4.74 Å². The highest BCUT2D eigenvalue weighted by molar-refractivity contribution is 6.32. The summed E-state index contributed by atoms with van der Waals surface area (Å²) in [5.74, 6) is 0.676. The molecule has 0 radical (unpaired) electrons. The van der Waals surface area contributed by atoms with E-state index in [2.05, 4.69) is 9.97 Å². The molecule has 1 aromatic heterocycles. The van der Waals surface area contributed by atoms with Crippen LogP contribution >= 0.6 is 11.6 Å². The Labute approximate surface area is 86.7 Å². The van der Waals surface area contributed by atoms with Gasteiger partial charge in [-0.2, -0.15) is 0 Å². The lowest BCUT2D eigenvalue weighted by Crippen LogP contribution is -1.84. The van der Waals surface area contributed by atoms with Crippen molar-refractivity contribution in [3.63, 3.8) is 0 Å². The number of benzene rings is 1. The zero-order chi connectivity index (χ0) is 9.97. The molecule has 1 N–H and O–H groups in total. The van der Waals surface area contributed by atoms with E-state index in [9.17, 15) is 0 Å². The SMILES string of the molecule is COc1ccc(-c2cnc[nH]2)cc1Cl. The van der Waals surface area contributed by atoms with E-state index in [1.807, 2.05) is 18.2 Å². The van der Waals surface area contributed by atoms with Crippen LogP contribution in [0, 0.1) is 0 Å². The number of nitrogens with zero attached hydrogens (tertiary/aromatic N) is 1. The van der Waals surface area contributed by atoms with Crippen LogP contribution in [0.1, 0.15) is 0 Å². The third-order valence-corrected chi connectivity index (χ3v) is 2.26. The summed E-state index contributed by atoms with van der Waals surface area (Å²) in [7, 11) is 1.59. The molecular weight excluding hydrogens is 200 g/mol. The number of imidazole rings is 1. The molecule has 1 heterocycles. The molecule has 3 nitrogen and oxygen atoms in total. The maximum atomic E-state index is 5.99. The lowest BCUT2D eigenvalue weighted by molar-refractivity contribution is 0.415. The lowest BCUT2D eigenvalue weighted by Gasteiger charge is -2.04. The monoisotopic (exact) mass is 208 g/mol. The molecular formula is C10H9ClN2O. The first-order valence-corrected chi connectivity index (χ1v) is 4.51. The van der Waals surface area contributed by atoms with E-state index >= 15 is 0 Å². The molecule has 4 heteroatoms. The molecule has 14 heavy (non-hydrogen) atoms. The molecule has 0 unspecified atom stereocenters. The van der Waals surface area contributed by atoms with Crippen molar-refractivity contribution in [2.45, 2.75) is 0 Å². The van der Waals surface area contributed by atoms with E-state index in [-0.39, 0.29) is 0 Å². The summed E-state index contributed by atoms with van der Waals surface area (Å²) in [4.78, 5) is 6.95. The van der Waals surface area contributed by atoms with Crippen molar-refractivity contribution in [1.29, 1.82) is 0 Å². The van der Waals surface area contributed by atoms with Crippen LogP contribution in [0.15, 0.2) is 30.7 Å². The number of rotatable bonds is 2. The molecule has 0 saturated heterocycles. The fraction of sp³-hybridized carbons (Fsp3) is 0.100. The smallest absolute Gasteiger partial charge is 0.137 e. The van der Waals surface area contributed by atoms with Gasteiger partial charge in [-0.1, -0.05) is 11.6 Å². The van der Waals surface area contributed by atoms with Crippen LogP contribution in [-0.4, -0.2) is 17.1 Å². The fourth-order valence-electron chi connectivity index (χ4n) is 1.25. The van der Waals surface area contributed by atoms with E-state index in [4.69, 9.17) is 16.3 Å². The van der Waals surface area contributed by atoms with E-state index in [0.717, 1.165) is 11.3 Å². The minimum Gasteiger partial charge on any atom is -0.495 e. The molecule has 0 fully saturated rings. The van der Waals surface area contributed by atoms with Gasteiger partial charge in [0.25, 0.3) is 0 Å². The molecule has 0 spiro atoms. The Bertz CT molecular complexity index is 426. The predicted octanol–water partition coefficient (Wildman–Crippen LogP) is 2.74. The van der Waals surface area contributed by atoms with Crippen LogP contribution in [-0.2, 0) is 0 Å². The van der Waals surface area contributed by atoms with Crippen molar-refractivity contribution in [2.75, 3.05) is 7.11 Å². The molecule has 0 bridgehead atoms. The third-order valence-electron chi connectivity index (χ3n) is 1.96. The normalized spacial score (nSPS) is 10.1. The Hall–Kier alpha value is -1.48. The Kier molecular flexibility index (Phi) is 2.41. The summed E-state index contributed by atoms with van der Waals surface area (Å²) in [6, 6.07) is 5.60. The Morgan fingerprint density at radius 1 is 1.43 bits per heavy atom. The average Bonchev–Trinajstić information content (AvgIpc) is 2.70. The first kappa shape index (κ1) is 9.09. The highest BCUT2D eigenvalue weighted by Gasteiger charge is 2.03. The van der Waals surface area contributed by atoms with Gasteiger partial charge in [-0.15, -0.1) is 0 Å². The van der Waals surface area contributed by atoms with E-state index in [0.29, 0.717) is 10.8 Å². The molecule has 72 valence electrons. The van der Waals surface area contributed by atoms with Gasteiger partial charge in [0.05, 0.1) is 30.4 Å². The van der Waals surface area contributed by atoms with Gasteiger partial charge in [-0.3, -0.25) is 0 Å². The number of hydrogen-bond acceptors (Lipinski definition) is 2. The van der Waals surface area contributed by atoms with Gasteiger partial charge in [0.1, 0.15) is 5.75 Å². The minimum absolute atomic E-state index is 0.597.